The van der Waals surface area contributed by atoms with Crippen molar-refractivity contribution in [2.75, 3.05) is 6.54 Å². The second kappa shape index (κ2) is 7.84. The molecule has 2 aromatic rings. The van der Waals surface area contributed by atoms with E-state index in [0.29, 0.717) is 6.61 Å². The minimum absolute atomic E-state index is 0.556. The maximum atomic E-state index is 5.91. The van der Waals surface area contributed by atoms with Gasteiger partial charge in [0.15, 0.2) is 0 Å². The Morgan fingerprint density at radius 3 is 2.86 bits per heavy atom. The van der Waals surface area contributed by atoms with Crippen molar-refractivity contribution in [3.05, 3.63) is 47.3 Å². The number of hydrogen-bond acceptors (Lipinski definition) is 3. The van der Waals surface area contributed by atoms with Crippen LogP contribution in [0.4, 0.5) is 0 Å². The standard InChI is InChI=1S/C17H25N3O/c1-4-9-18-12-15-7-6-8-17(11-15)21-13-16-10-14(3)19-20(16)5-2/h6-8,10-11,18H,4-5,9,12-13H2,1-3H3. The largest absolute Gasteiger partial charge is 0.487 e. The molecule has 0 aliphatic rings. The second-order valence-electron chi connectivity index (χ2n) is 5.21. The summed E-state index contributed by atoms with van der Waals surface area (Å²) >= 11 is 0. The monoisotopic (exact) mass is 287 g/mol. The molecular formula is C17H25N3O. The molecule has 0 aliphatic heterocycles. The number of nitrogens with one attached hydrogen (secondary N) is 1. The van der Waals surface area contributed by atoms with Crippen LogP contribution < -0.4 is 10.1 Å². The highest BCUT2D eigenvalue weighted by molar-refractivity contribution is 5.28. The summed E-state index contributed by atoms with van der Waals surface area (Å²) in [5, 5.41) is 7.84. The molecule has 4 nitrogen and oxygen atoms in total. The van der Waals surface area contributed by atoms with Gasteiger partial charge in [0, 0.05) is 13.1 Å². The number of benzene rings is 1. The molecule has 0 saturated heterocycles. The van der Waals surface area contributed by atoms with Gasteiger partial charge in [0.2, 0.25) is 0 Å². The van der Waals surface area contributed by atoms with Crippen LogP contribution in [0.2, 0.25) is 0 Å². The summed E-state index contributed by atoms with van der Waals surface area (Å²) < 4.78 is 7.89. The number of hydrogen-bond donors (Lipinski definition) is 1. The van der Waals surface area contributed by atoms with Crippen molar-refractivity contribution in [1.29, 1.82) is 0 Å². The molecule has 0 saturated carbocycles. The highest BCUT2D eigenvalue weighted by atomic mass is 16.5. The normalized spacial score (nSPS) is 10.8. The van der Waals surface area contributed by atoms with E-state index >= 15 is 0 Å². The van der Waals surface area contributed by atoms with E-state index in [0.717, 1.165) is 43.2 Å². The molecule has 0 unspecified atom stereocenters. The van der Waals surface area contributed by atoms with Crippen molar-refractivity contribution in [2.45, 2.75) is 46.9 Å². The first-order valence-corrected chi connectivity index (χ1v) is 7.68. The topological polar surface area (TPSA) is 39.1 Å². The number of aromatic nitrogens is 2. The predicted molar refractivity (Wildman–Crippen MR) is 85.4 cm³/mol. The molecule has 0 fully saturated rings. The van der Waals surface area contributed by atoms with Crippen molar-refractivity contribution in [1.82, 2.24) is 15.1 Å². The fourth-order valence-electron chi connectivity index (χ4n) is 2.30. The third-order valence-electron chi connectivity index (χ3n) is 3.33. The number of nitrogens with zero attached hydrogens (tertiary/aromatic N) is 2. The van der Waals surface area contributed by atoms with Crippen molar-refractivity contribution in [3.8, 4) is 5.75 Å². The SMILES string of the molecule is CCCNCc1cccc(OCc2cc(C)nn2CC)c1. The average molecular weight is 287 g/mol. The maximum absolute atomic E-state index is 5.91. The summed E-state index contributed by atoms with van der Waals surface area (Å²) in [6, 6.07) is 10.3. The first-order valence-electron chi connectivity index (χ1n) is 7.68. The number of ether oxygens (including phenoxy) is 1. The van der Waals surface area contributed by atoms with Gasteiger partial charge in [-0.25, -0.2) is 0 Å². The zero-order valence-corrected chi connectivity index (χ0v) is 13.2. The Morgan fingerprint density at radius 1 is 1.24 bits per heavy atom. The molecule has 0 bridgehead atoms. The van der Waals surface area contributed by atoms with Crippen LogP contribution in [0, 0.1) is 6.92 Å². The van der Waals surface area contributed by atoms with E-state index in [-0.39, 0.29) is 0 Å². The number of aryl methyl sites for hydroxylation is 2. The molecule has 1 aromatic heterocycles. The van der Waals surface area contributed by atoms with Crippen LogP contribution in [0.15, 0.2) is 30.3 Å². The molecule has 21 heavy (non-hydrogen) atoms. The molecule has 0 spiro atoms. The molecule has 0 atom stereocenters. The van der Waals surface area contributed by atoms with E-state index in [4.69, 9.17) is 4.74 Å². The van der Waals surface area contributed by atoms with Crippen LogP contribution in [0.3, 0.4) is 0 Å². The van der Waals surface area contributed by atoms with Gasteiger partial charge in [-0.2, -0.15) is 5.10 Å². The van der Waals surface area contributed by atoms with Gasteiger partial charge in [0.05, 0.1) is 11.4 Å². The van der Waals surface area contributed by atoms with Crippen molar-refractivity contribution < 1.29 is 4.74 Å². The van der Waals surface area contributed by atoms with Crippen molar-refractivity contribution >= 4 is 0 Å². The smallest absolute Gasteiger partial charge is 0.130 e. The quantitative estimate of drug-likeness (QED) is 0.757. The Balaban J connectivity index is 1.94. The van der Waals surface area contributed by atoms with E-state index < -0.39 is 0 Å². The summed E-state index contributed by atoms with van der Waals surface area (Å²) in [5.74, 6) is 0.910. The zero-order chi connectivity index (χ0) is 15.1. The molecule has 1 N–H and O–H groups in total. The Kier molecular flexibility index (Phi) is 5.81. The minimum atomic E-state index is 0.556. The van der Waals surface area contributed by atoms with Crippen LogP contribution >= 0.6 is 0 Å². The van der Waals surface area contributed by atoms with Crippen molar-refractivity contribution in [3.63, 3.8) is 0 Å². The zero-order valence-electron chi connectivity index (χ0n) is 13.2. The summed E-state index contributed by atoms with van der Waals surface area (Å²) in [5.41, 5.74) is 3.40. The molecule has 1 heterocycles. The molecular weight excluding hydrogens is 262 g/mol. The Bertz CT molecular complexity index is 563. The Hall–Kier alpha value is -1.81. The lowest BCUT2D eigenvalue weighted by atomic mass is 10.2. The lowest BCUT2D eigenvalue weighted by molar-refractivity contribution is 0.292. The third kappa shape index (κ3) is 4.60. The molecule has 2 rings (SSSR count). The Morgan fingerprint density at radius 2 is 2.10 bits per heavy atom. The summed E-state index contributed by atoms with van der Waals surface area (Å²) in [6.45, 7) is 9.63. The van der Waals surface area contributed by atoms with E-state index in [2.05, 4.69) is 42.5 Å². The average Bonchev–Trinajstić information content (AvgIpc) is 2.86. The molecule has 1 aromatic carbocycles. The van der Waals surface area contributed by atoms with Crippen LogP contribution in [0.25, 0.3) is 0 Å². The first-order chi connectivity index (χ1) is 10.2. The van der Waals surface area contributed by atoms with E-state index in [1.807, 2.05) is 23.7 Å². The molecule has 0 aliphatic carbocycles. The van der Waals surface area contributed by atoms with Crippen LogP contribution in [0.1, 0.15) is 37.2 Å². The summed E-state index contributed by atoms with van der Waals surface area (Å²) in [6.07, 6.45) is 1.15. The van der Waals surface area contributed by atoms with Gasteiger partial charge in [0.25, 0.3) is 0 Å². The number of rotatable bonds is 8. The van der Waals surface area contributed by atoms with Gasteiger partial charge < -0.3 is 10.1 Å². The van der Waals surface area contributed by atoms with Gasteiger partial charge in [0.1, 0.15) is 12.4 Å². The summed E-state index contributed by atoms with van der Waals surface area (Å²) in [7, 11) is 0. The van der Waals surface area contributed by atoms with E-state index in [1.165, 1.54) is 5.56 Å². The molecule has 4 heteroatoms. The lowest BCUT2D eigenvalue weighted by Crippen LogP contribution is -2.13. The summed E-state index contributed by atoms with van der Waals surface area (Å²) in [4.78, 5) is 0. The van der Waals surface area contributed by atoms with Crippen LogP contribution in [-0.4, -0.2) is 16.3 Å². The van der Waals surface area contributed by atoms with Gasteiger partial charge in [-0.15, -0.1) is 0 Å². The van der Waals surface area contributed by atoms with Crippen LogP contribution in [-0.2, 0) is 19.7 Å². The second-order valence-corrected chi connectivity index (χ2v) is 5.21. The van der Waals surface area contributed by atoms with Crippen LogP contribution in [0.5, 0.6) is 5.75 Å². The fraction of sp³-hybridized carbons (Fsp3) is 0.471. The predicted octanol–water partition coefficient (Wildman–Crippen LogP) is 3.29. The molecule has 114 valence electrons. The van der Waals surface area contributed by atoms with Gasteiger partial charge in [-0.1, -0.05) is 19.1 Å². The van der Waals surface area contributed by atoms with Gasteiger partial charge in [-0.3, -0.25) is 4.68 Å². The third-order valence-corrected chi connectivity index (χ3v) is 3.33. The van der Waals surface area contributed by atoms with E-state index in [1.54, 1.807) is 0 Å². The Labute approximate surface area is 127 Å². The highest BCUT2D eigenvalue weighted by Crippen LogP contribution is 2.15. The lowest BCUT2D eigenvalue weighted by Gasteiger charge is -2.09. The highest BCUT2D eigenvalue weighted by Gasteiger charge is 2.05. The van der Waals surface area contributed by atoms with Gasteiger partial charge >= 0.3 is 0 Å². The fourth-order valence-corrected chi connectivity index (χ4v) is 2.30. The van der Waals surface area contributed by atoms with E-state index in [9.17, 15) is 0 Å². The maximum Gasteiger partial charge on any atom is 0.130 e. The molecule has 0 amide bonds. The van der Waals surface area contributed by atoms with Gasteiger partial charge in [-0.05, 0) is 50.6 Å². The van der Waals surface area contributed by atoms with Crippen molar-refractivity contribution in [2.24, 2.45) is 0 Å². The minimum Gasteiger partial charge on any atom is -0.487 e. The first kappa shape index (κ1) is 15.6. The molecule has 0 radical (unpaired) electrons.